The Labute approximate surface area is 178 Å². The third-order valence-electron chi connectivity index (χ3n) is 4.52. The number of carbonyl (C=O) groups is 1. The van der Waals surface area contributed by atoms with Crippen molar-refractivity contribution >= 4 is 45.7 Å². The molecule has 0 saturated heterocycles. The summed E-state index contributed by atoms with van der Waals surface area (Å²) in [6.45, 7) is 0. The molecule has 4 nitrogen and oxygen atoms in total. The van der Waals surface area contributed by atoms with Gasteiger partial charge in [-0.15, -0.1) is 0 Å². The number of para-hydroxylation sites is 1. The Morgan fingerprint density at radius 2 is 1.72 bits per heavy atom. The largest absolute Gasteiger partial charge is 0.495 e. The van der Waals surface area contributed by atoms with Crippen LogP contribution in [0.3, 0.4) is 0 Å². The van der Waals surface area contributed by atoms with Crippen LogP contribution in [0.5, 0.6) is 5.75 Å². The van der Waals surface area contributed by atoms with E-state index in [1.807, 2.05) is 42.5 Å². The van der Waals surface area contributed by atoms with Gasteiger partial charge in [-0.3, -0.25) is 4.79 Å². The molecule has 144 valence electrons. The van der Waals surface area contributed by atoms with Crippen LogP contribution < -0.4 is 10.1 Å². The monoisotopic (exact) mass is 422 g/mol. The van der Waals surface area contributed by atoms with E-state index in [-0.39, 0.29) is 5.91 Å². The van der Waals surface area contributed by atoms with Crippen LogP contribution in [-0.2, 0) is 0 Å². The summed E-state index contributed by atoms with van der Waals surface area (Å²) in [5, 5.41) is 4.70. The zero-order valence-corrected chi connectivity index (χ0v) is 17.0. The SMILES string of the molecule is COc1ccc(Cl)cc1NC(=O)c1cc(-c2ccccc2Cl)nc2ccccc12. The fourth-order valence-corrected chi connectivity index (χ4v) is 3.54. The highest BCUT2D eigenvalue weighted by atomic mass is 35.5. The molecule has 0 aliphatic rings. The lowest BCUT2D eigenvalue weighted by atomic mass is 10.0. The first kappa shape index (κ1) is 19.2. The summed E-state index contributed by atoms with van der Waals surface area (Å²) < 4.78 is 5.33. The normalized spacial score (nSPS) is 10.7. The quantitative estimate of drug-likeness (QED) is 0.409. The Balaban J connectivity index is 1.83. The van der Waals surface area contributed by atoms with Crippen molar-refractivity contribution in [1.29, 1.82) is 0 Å². The number of aromatic nitrogens is 1. The second-order valence-corrected chi connectivity index (χ2v) is 7.19. The summed E-state index contributed by atoms with van der Waals surface area (Å²) in [7, 11) is 1.54. The van der Waals surface area contributed by atoms with E-state index in [1.165, 1.54) is 7.11 Å². The van der Waals surface area contributed by atoms with Gasteiger partial charge < -0.3 is 10.1 Å². The van der Waals surface area contributed by atoms with Crippen LogP contribution >= 0.6 is 23.2 Å². The van der Waals surface area contributed by atoms with Crippen LogP contribution in [0.1, 0.15) is 10.4 Å². The van der Waals surface area contributed by atoms with E-state index in [4.69, 9.17) is 32.9 Å². The second-order valence-electron chi connectivity index (χ2n) is 6.35. The highest BCUT2D eigenvalue weighted by Crippen LogP contribution is 2.32. The van der Waals surface area contributed by atoms with E-state index in [0.717, 1.165) is 10.9 Å². The standard InChI is InChI=1S/C23H16Cl2N2O2/c1-29-22-11-10-14(24)12-21(22)27-23(28)17-13-20(16-7-2-4-8-18(16)25)26-19-9-5-3-6-15(17)19/h2-13H,1H3,(H,27,28). The molecule has 0 bridgehead atoms. The number of nitrogens with one attached hydrogen (secondary N) is 1. The number of ether oxygens (including phenoxy) is 1. The summed E-state index contributed by atoms with van der Waals surface area (Å²) in [6, 6.07) is 21.7. The number of fused-ring (bicyclic) bond motifs is 1. The lowest BCUT2D eigenvalue weighted by Gasteiger charge is -2.13. The Kier molecular flexibility index (Phi) is 5.38. The molecule has 0 spiro atoms. The zero-order chi connectivity index (χ0) is 20.4. The molecule has 0 unspecified atom stereocenters. The van der Waals surface area contributed by atoms with Crippen molar-refractivity contribution < 1.29 is 9.53 Å². The minimum atomic E-state index is -0.294. The number of pyridine rings is 1. The van der Waals surface area contributed by atoms with Crippen molar-refractivity contribution in [2.24, 2.45) is 0 Å². The number of halogens is 2. The summed E-state index contributed by atoms with van der Waals surface area (Å²) in [4.78, 5) is 17.9. The van der Waals surface area contributed by atoms with E-state index >= 15 is 0 Å². The van der Waals surface area contributed by atoms with Gasteiger partial charge in [-0.25, -0.2) is 4.98 Å². The number of amides is 1. The van der Waals surface area contributed by atoms with Gasteiger partial charge in [-0.1, -0.05) is 59.6 Å². The van der Waals surface area contributed by atoms with E-state index < -0.39 is 0 Å². The Bertz CT molecular complexity index is 1220. The molecule has 1 aromatic heterocycles. The maximum Gasteiger partial charge on any atom is 0.256 e. The molecule has 0 radical (unpaired) electrons. The Morgan fingerprint density at radius 3 is 2.52 bits per heavy atom. The molecule has 1 N–H and O–H groups in total. The third-order valence-corrected chi connectivity index (χ3v) is 5.09. The molecule has 1 amide bonds. The van der Waals surface area contributed by atoms with E-state index in [2.05, 4.69) is 5.32 Å². The van der Waals surface area contributed by atoms with Gasteiger partial charge in [0.1, 0.15) is 5.75 Å². The molecule has 0 aliphatic heterocycles. The van der Waals surface area contributed by atoms with Crippen molar-refractivity contribution in [3.63, 3.8) is 0 Å². The number of nitrogens with zero attached hydrogens (tertiary/aromatic N) is 1. The highest BCUT2D eigenvalue weighted by molar-refractivity contribution is 6.33. The fraction of sp³-hybridized carbons (Fsp3) is 0.0435. The number of anilines is 1. The van der Waals surface area contributed by atoms with Gasteiger partial charge in [0.25, 0.3) is 5.91 Å². The van der Waals surface area contributed by atoms with Crippen molar-refractivity contribution in [3.05, 3.63) is 88.4 Å². The minimum absolute atomic E-state index is 0.294. The molecule has 4 rings (SSSR count). The molecular formula is C23H16Cl2N2O2. The molecule has 4 aromatic rings. The van der Waals surface area contributed by atoms with Gasteiger partial charge in [0.2, 0.25) is 0 Å². The van der Waals surface area contributed by atoms with Crippen LogP contribution in [0.15, 0.2) is 72.8 Å². The molecular weight excluding hydrogens is 407 g/mol. The zero-order valence-electron chi connectivity index (χ0n) is 15.4. The van der Waals surface area contributed by atoms with Gasteiger partial charge in [0, 0.05) is 21.0 Å². The van der Waals surface area contributed by atoms with Crippen molar-refractivity contribution in [2.75, 3.05) is 12.4 Å². The smallest absolute Gasteiger partial charge is 0.256 e. The fourth-order valence-electron chi connectivity index (χ4n) is 3.14. The second kappa shape index (κ2) is 8.11. The molecule has 0 atom stereocenters. The maximum atomic E-state index is 13.2. The first-order valence-electron chi connectivity index (χ1n) is 8.86. The number of methoxy groups -OCH3 is 1. The minimum Gasteiger partial charge on any atom is -0.495 e. The van der Waals surface area contributed by atoms with Crippen LogP contribution in [0.2, 0.25) is 10.0 Å². The first-order valence-corrected chi connectivity index (χ1v) is 9.62. The molecule has 1 heterocycles. The van der Waals surface area contributed by atoms with Gasteiger partial charge in [0.15, 0.2) is 0 Å². The third kappa shape index (κ3) is 3.90. The van der Waals surface area contributed by atoms with Crippen LogP contribution in [0.25, 0.3) is 22.2 Å². The molecule has 0 fully saturated rings. The average molecular weight is 423 g/mol. The highest BCUT2D eigenvalue weighted by Gasteiger charge is 2.17. The van der Waals surface area contributed by atoms with Gasteiger partial charge >= 0.3 is 0 Å². The van der Waals surface area contributed by atoms with E-state index in [1.54, 1.807) is 30.3 Å². The number of rotatable bonds is 4. The Hall–Kier alpha value is -3.08. The van der Waals surface area contributed by atoms with E-state index in [0.29, 0.717) is 38.3 Å². The van der Waals surface area contributed by atoms with Crippen LogP contribution in [-0.4, -0.2) is 18.0 Å². The van der Waals surface area contributed by atoms with Gasteiger partial charge in [0.05, 0.1) is 29.6 Å². The number of benzene rings is 3. The maximum absolute atomic E-state index is 13.2. The van der Waals surface area contributed by atoms with Gasteiger partial charge in [-0.2, -0.15) is 0 Å². The summed E-state index contributed by atoms with van der Waals surface area (Å²) in [5.74, 6) is 0.227. The molecule has 0 saturated carbocycles. The number of hydrogen-bond donors (Lipinski definition) is 1. The van der Waals surface area contributed by atoms with Crippen LogP contribution in [0.4, 0.5) is 5.69 Å². The number of hydrogen-bond acceptors (Lipinski definition) is 3. The lowest BCUT2D eigenvalue weighted by Crippen LogP contribution is -2.14. The van der Waals surface area contributed by atoms with Crippen molar-refractivity contribution in [1.82, 2.24) is 4.98 Å². The molecule has 29 heavy (non-hydrogen) atoms. The summed E-state index contributed by atoms with van der Waals surface area (Å²) in [5.41, 5.74) is 3.05. The first-order chi connectivity index (χ1) is 14.1. The Morgan fingerprint density at radius 1 is 0.966 bits per heavy atom. The number of carbonyl (C=O) groups excluding carboxylic acids is 1. The summed E-state index contributed by atoms with van der Waals surface area (Å²) in [6.07, 6.45) is 0. The van der Waals surface area contributed by atoms with Gasteiger partial charge in [-0.05, 0) is 36.4 Å². The van der Waals surface area contributed by atoms with Crippen LogP contribution in [0, 0.1) is 0 Å². The molecule has 6 heteroatoms. The predicted molar refractivity (Wildman–Crippen MR) is 118 cm³/mol. The molecule has 3 aromatic carbocycles. The lowest BCUT2D eigenvalue weighted by molar-refractivity contribution is 0.102. The van der Waals surface area contributed by atoms with E-state index in [9.17, 15) is 4.79 Å². The predicted octanol–water partition coefficient (Wildman–Crippen LogP) is 6.47. The topological polar surface area (TPSA) is 51.2 Å². The average Bonchev–Trinajstić information content (AvgIpc) is 2.73. The van der Waals surface area contributed by atoms with Crippen molar-refractivity contribution in [2.45, 2.75) is 0 Å². The summed E-state index contributed by atoms with van der Waals surface area (Å²) >= 11 is 12.4. The van der Waals surface area contributed by atoms with Crippen molar-refractivity contribution in [3.8, 4) is 17.0 Å². The molecule has 0 aliphatic carbocycles.